The molecule has 3 rings (SSSR count). The minimum Gasteiger partial charge on any atom is -0.346 e. The summed E-state index contributed by atoms with van der Waals surface area (Å²) in [6.45, 7) is 6.81. The van der Waals surface area contributed by atoms with Crippen molar-refractivity contribution in [1.82, 2.24) is 20.3 Å². The molecule has 1 amide bonds. The van der Waals surface area contributed by atoms with Gasteiger partial charge in [-0.1, -0.05) is 29.5 Å². The van der Waals surface area contributed by atoms with E-state index in [1.165, 1.54) is 5.56 Å². The molecule has 0 aliphatic rings. The number of aryl methyl sites for hydroxylation is 2. The number of rotatable bonds is 4. The Hall–Kier alpha value is -2.69. The van der Waals surface area contributed by atoms with Gasteiger partial charge in [0.25, 0.3) is 5.91 Å². The summed E-state index contributed by atoms with van der Waals surface area (Å²) in [4.78, 5) is 12.5. The molecule has 0 aliphatic carbocycles. The minimum absolute atomic E-state index is 0.0503. The van der Waals surface area contributed by atoms with Gasteiger partial charge in [0.2, 0.25) is 0 Å². The second kappa shape index (κ2) is 6.20. The van der Waals surface area contributed by atoms with Crippen molar-refractivity contribution in [2.24, 2.45) is 0 Å². The first-order valence-corrected chi connectivity index (χ1v) is 7.79. The van der Waals surface area contributed by atoms with Crippen molar-refractivity contribution >= 4 is 16.9 Å². The molecule has 23 heavy (non-hydrogen) atoms. The third-order valence-electron chi connectivity index (χ3n) is 4.08. The van der Waals surface area contributed by atoms with Crippen LogP contribution in [0.2, 0.25) is 0 Å². The lowest BCUT2D eigenvalue weighted by Crippen LogP contribution is -2.27. The fraction of sp³-hybridized carbons (Fsp3) is 0.278. The predicted molar refractivity (Wildman–Crippen MR) is 90.3 cm³/mol. The zero-order chi connectivity index (χ0) is 16.4. The van der Waals surface area contributed by atoms with Gasteiger partial charge in [0.1, 0.15) is 5.52 Å². The first-order chi connectivity index (χ1) is 11.1. The maximum atomic E-state index is 12.5. The maximum Gasteiger partial charge on any atom is 0.251 e. The first-order valence-electron chi connectivity index (χ1n) is 7.79. The predicted octanol–water partition coefficient (Wildman–Crippen LogP) is 3.25. The number of fused-ring (bicyclic) bond motifs is 1. The van der Waals surface area contributed by atoms with Gasteiger partial charge in [0, 0.05) is 12.1 Å². The van der Waals surface area contributed by atoms with Crippen LogP contribution in [0.4, 0.5) is 0 Å². The summed E-state index contributed by atoms with van der Waals surface area (Å²) in [5.74, 6) is -0.103. The number of aromatic nitrogens is 3. The van der Waals surface area contributed by atoms with Crippen LogP contribution in [0.5, 0.6) is 0 Å². The van der Waals surface area contributed by atoms with Crippen LogP contribution in [0.3, 0.4) is 0 Å². The summed E-state index contributed by atoms with van der Waals surface area (Å²) < 4.78 is 1.81. The molecule has 0 aliphatic heterocycles. The van der Waals surface area contributed by atoms with Gasteiger partial charge in [-0.3, -0.25) is 4.79 Å². The molecule has 1 aromatic heterocycles. The topological polar surface area (TPSA) is 59.8 Å². The van der Waals surface area contributed by atoms with E-state index >= 15 is 0 Å². The second-order valence-electron chi connectivity index (χ2n) is 5.66. The van der Waals surface area contributed by atoms with E-state index in [0.29, 0.717) is 5.56 Å². The van der Waals surface area contributed by atoms with Crippen LogP contribution in [-0.4, -0.2) is 20.9 Å². The summed E-state index contributed by atoms with van der Waals surface area (Å²) in [7, 11) is 0. The zero-order valence-electron chi connectivity index (χ0n) is 13.6. The Morgan fingerprint density at radius 2 is 2.04 bits per heavy atom. The van der Waals surface area contributed by atoms with E-state index in [2.05, 4.69) is 15.6 Å². The lowest BCUT2D eigenvalue weighted by molar-refractivity contribution is 0.0940. The van der Waals surface area contributed by atoms with Gasteiger partial charge in [-0.2, -0.15) is 0 Å². The molecule has 0 bridgehead atoms. The Morgan fingerprint density at radius 1 is 1.26 bits per heavy atom. The summed E-state index contributed by atoms with van der Waals surface area (Å²) in [6.07, 6.45) is 0. The molecule has 118 valence electrons. The van der Waals surface area contributed by atoms with Gasteiger partial charge in [0.05, 0.1) is 11.6 Å². The van der Waals surface area contributed by atoms with Crippen molar-refractivity contribution in [2.45, 2.75) is 33.4 Å². The highest BCUT2D eigenvalue weighted by Gasteiger charge is 2.14. The van der Waals surface area contributed by atoms with Crippen molar-refractivity contribution in [3.05, 3.63) is 59.2 Å². The van der Waals surface area contributed by atoms with Crippen LogP contribution in [0.25, 0.3) is 11.0 Å². The van der Waals surface area contributed by atoms with Gasteiger partial charge in [-0.05, 0) is 50.1 Å². The quantitative estimate of drug-likeness (QED) is 0.805. The van der Waals surface area contributed by atoms with E-state index in [-0.39, 0.29) is 11.9 Å². The Labute approximate surface area is 135 Å². The highest BCUT2D eigenvalue weighted by Crippen LogP contribution is 2.18. The number of nitrogens with one attached hydrogen (secondary N) is 1. The molecule has 1 heterocycles. The molecular weight excluding hydrogens is 288 g/mol. The average Bonchev–Trinajstić information content (AvgIpc) is 2.97. The monoisotopic (exact) mass is 308 g/mol. The SMILES string of the molecule is CCn1nnc2cc(C(=O)NC(C)c3ccccc3C)ccc21. The van der Waals surface area contributed by atoms with Gasteiger partial charge in [-0.15, -0.1) is 5.10 Å². The molecule has 1 N–H and O–H groups in total. The van der Waals surface area contributed by atoms with Gasteiger partial charge >= 0.3 is 0 Å². The lowest BCUT2D eigenvalue weighted by Gasteiger charge is -2.16. The normalized spacial score (nSPS) is 12.3. The zero-order valence-corrected chi connectivity index (χ0v) is 13.6. The molecule has 1 atom stereocenters. The van der Waals surface area contributed by atoms with Crippen molar-refractivity contribution < 1.29 is 4.79 Å². The number of hydrogen-bond acceptors (Lipinski definition) is 3. The van der Waals surface area contributed by atoms with Crippen molar-refractivity contribution in [2.75, 3.05) is 0 Å². The van der Waals surface area contributed by atoms with Gasteiger partial charge in [0.15, 0.2) is 0 Å². The summed E-state index contributed by atoms with van der Waals surface area (Å²) in [5, 5.41) is 11.2. The average molecular weight is 308 g/mol. The molecule has 0 fully saturated rings. The molecule has 5 nitrogen and oxygen atoms in total. The molecule has 0 saturated heterocycles. The Kier molecular flexibility index (Phi) is 4.10. The molecule has 0 radical (unpaired) electrons. The molecule has 2 aromatic carbocycles. The third kappa shape index (κ3) is 2.95. The summed E-state index contributed by atoms with van der Waals surface area (Å²) in [6, 6.07) is 13.5. The maximum absolute atomic E-state index is 12.5. The number of nitrogens with zero attached hydrogens (tertiary/aromatic N) is 3. The molecule has 3 aromatic rings. The van der Waals surface area contributed by atoms with Gasteiger partial charge in [-0.25, -0.2) is 4.68 Å². The number of hydrogen-bond donors (Lipinski definition) is 1. The summed E-state index contributed by atoms with van der Waals surface area (Å²) >= 11 is 0. The number of carbonyl (C=O) groups is 1. The van der Waals surface area contributed by atoms with E-state index < -0.39 is 0 Å². The van der Waals surface area contributed by atoms with Crippen molar-refractivity contribution in [3.63, 3.8) is 0 Å². The molecule has 0 spiro atoms. The van der Waals surface area contributed by atoms with Crippen molar-refractivity contribution in [3.8, 4) is 0 Å². The Bertz CT molecular complexity index is 853. The Morgan fingerprint density at radius 3 is 2.78 bits per heavy atom. The number of carbonyl (C=O) groups excluding carboxylic acids is 1. The van der Waals surface area contributed by atoms with Crippen LogP contribution in [0.15, 0.2) is 42.5 Å². The number of amides is 1. The fourth-order valence-corrected chi connectivity index (χ4v) is 2.78. The highest BCUT2D eigenvalue weighted by atomic mass is 16.1. The Balaban J connectivity index is 1.82. The summed E-state index contributed by atoms with van der Waals surface area (Å²) in [5.41, 5.74) is 4.57. The van der Waals surface area contributed by atoms with Crippen LogP contribution >= 0.6 is 0 Å². The smallest absolute Gasteiger partial charge is 0.251 e. The van der Waals surface area contributed by atoms with E-state index in [4.69, 9.17) is 0 Å². The minimum atomic E-state index is -0.103. The lowest BCUT2D eigenvalue weighted by atomic mass is 10.0. The van der Waals surface area contributed by atoms with Crippen LogP contribution in [0.1, 0.15) is 41.4 Å². The van der Waals surface area contributed by atoms with Gasteiger partial charge < -0.3 is 5.32 Å². The van der Waals surface area contributed by atoms with E-state index in [1.807, 2.05) is 61.9 Å². The first kappa shape index (κ1) is 15.2. The van der Waals surface area contributed by atoms with E-state index in [1.54, 1.807) is 6.07 Å². The molecule has 5 heteroatoms. The highest BCUT2D eigenvalue weighted by molar-refractivity contribution is 5.97. The number of benzene rings is 2. The van der Waals surface area contributed by atoms with Crippen LogP contribution in [0, 0.1) is 6.92 Å². The second-order valence-corrected chi connectivity index (χ2v) is 5.66. The van der Waals surface area contributed by atoms with Crippen LogP contribution < -0.4 is 5.32 Å². The van der Waals surface area contributed by atoms with Crippen molar-refractivity contribution in [1.29, 1.82) is 0 Å². The molecular formula is C18H20N4O. The van der Waals surface area contributed by atoms with Crippen LogP contribution in [-0.2, 0) is 6.54 Å². The standard InChI is InChI=1S/C18H20N4O/c1-4-22-17-10-9-14(11-16(17)20-21-22)18(23)19-13(3)15-8-6-5-7-12(15)2/h5-11,13H,4H2,1-3H3,(H,19,23). The van der Waals surface area contributed by atoms with E-state index in [9.17, 15) is 4.79 Å². The fourth-order valence-electron chi connectivity index (χ4n) is 2.78. The van der Waals surface area contributed by atoms with E-state index in [0.717, 1.165) is 23.1 Å². The largest absolute Gasteiger partial charge is 0.346 e. The molecule has 0 saturated carbocycles. The molecule has 1 unspecified atom stereocenters. The third-order valence-corrected chi connectivity index (χ3v) is 4.08.